The van der Waals surface area contributed by atoms with Crippen LogP contribution in [0.2, 0.25) is 0 Å². The van der Waals surface area contributed by atoms with Crippen LogP contribution >= 0.6 is 0 Å². The van der Waals surface area contributed by atoms with Crippen molar-refractivity contribution in [1.82, 2.24) is 9.80 Å². The number of hydrogen-bond acceptors (Lipinski definition) is 5. The maximum atomic E-state index is 13.1. The fourth-order valence-electron chi connectivity index (χ4n) is 8.28. The molecule has 2 saturated heterocycles. The van der Waals surface area contributed by atoms with Gasteiger partial charge in [-0.2, -0.15) is 0 Å². The van der Waals surface area contributed by atoms with Crippen molar-refractivity contribution >= 4 is 23.8 Å². The highest BCUT2D eigenvalue weighted by molar-refractivity contribution is 6.06. The molecule has 2 N–H and O–H groups in total. The lowest BCUT2D eigenvalue weighted by molar-refractivity contribution is -0.146. The molecular formula is C34H40N2O7. The number of carboxylic acid groups (broad SMARTS) is 2. The van der Waals surface area contributed by atoms with Crippen LogP contribution in [0.3, 0.4) is 0 Å². The number of rotatable bonds is 12. The molecule has 6 atom stereocenters. The first-order chi connectivity index (χ1) is 20.8. The third-order valence-electron chi connectivity index (χ3n) is 10.4. The van der Waals surface area contributed by atoms with Crippen LogP contribution in [0, 0.1) is 23.7 Å². The van der Waals surface area contributed by atoms with E-state index in [-0.39, 0.29) is 36.9 Å². The van der Waals surface area contributed by atoms with Crippen molar-refractivity contribution in [2.45, 2.75) is 62.4 Å². The van der Waals surface area contributed by atoms with E-state index >= 15 is 0 Å². The van der Waals surface area contributed by atoms with E-state index in [1.807, 2.05) is 36.4 Å². The molecule has 228 valence electrons. The van der Waals surface area contributed by atoms with Gasteiger partial charge in [-0.05, 0) is 74.3 Å². The van der Waals surface area contributed by atoms with Crippen LogP contribution in [0.15, 0.2) is 60.7 Å². The third-order valence-corrected chi connectivity index (χ3v) is 10.4. The molecule has 2 heterocycles. The summed E-state index contributed by atoms with van der Waals surface area (Å²) in [5.41, 5.74) is 0.460. The zero-order valence-corrected chi connectivity index (χ0v) is 24.4. The molecule has 9 nitrogen and oxygen atoms in total. The highest BCUT2D eigenvalue weighted by Crippen LogP contribution is 2.53. The van der Waals surface area contributed by atoms with Gasteiger partial charge in [-0.1, -0.05) is 60.7 Å². The van der Waals surface area contributed by atoms with Crippen LogP contribution in [0.4, 0.5) is 0 Å². The molecular weight excluding hydrogens is 548 g/mol. The molecule has 2 amide bonds. The van der Waals surface area contributed by atoms with Crippen molar-refractivity contribution in [2.24, 2.45) is 23.7 Å². The molecule has 2 aromatic rings. The largest absolute Gasteiger partial charge is 0.481 e. The van der Waals surface area contributed by atoms with E-state index in [2.05, 4.69) is 24.3 Å². The van der Waals surface area contributed by atoms with Crippen molar-refractivity contribution in [3.63, 3.8) is 0 Å². The summed E-state index contributed by atoms with van der Waals surface area (Å²) in [6, 6.07) is 20.2. The van der Waals surface area contributed by atoms with E-state index in [4.69, 9.17) is 4.74 Å². The Balaban J connectivity index is 1.01. The first-order valence-electron chi connectivity index (χ1n) is 15.5. The molecule has 4 fully saturated rings. The summed E-state index contributed by atoms with van der Waals surface area (Å²) in [5, 5.41) is 19.8. The lowest BCUT2D eigenvalue weighted by Crippen LogP contribution is -2.42. The molecule has 2 saturated carbocycles. The molecule has 6 rings (SSSR count). The number of amides is 2. The number of carboxylic acids is 2. The van der Waals surface area contributed by atoms with Crippen LogP contribution in [-0.4, -0.2) is 81.1 Å². The van der Waals surface area contributed by atoms with Gasteiger partial charge in [0.2, 0.25) is 11.8 Å². The Labute approximate surface area is 251 Å². The summed E-state index contributed by atoms with van der Waals surface area (Å²) in [4.78, 5) is 53.8. The Kier molecular flexibility index (Phi) is 8.02. The lowest BCUT2D eigenvalue weighted by atomic mass is 9.71. The summed E-state index contributed by atoms with van der Waals surface area (Å²) in [7, 11) is 0. The molecule has 6 unspecified atom stereocenters. The van der Waals surface area contributed by atoms with Gasteiger partial charge in [0.25, 0.3) is 0 Å². The van der Waals surface area contributed by atoms with Gasteiger partial charge in [0.1, 0.15) is 11.1 Å². The number of benzene rings is 2. The fraction of sp³-hybridized carbons (Fsp3) is 0.529. The summed E-state index contributed by atoms with van der Waals surface area (Å²) in [6.45, 7) is 1.07. The monoisotopic (exact) mass is 588 g/mol. The molecule has 2 aromatic carbocycles. The van der Waals surface area contributed by atoms with E-state index in [1.165, 1.54) is 11.1 Å². The lowest BCUT2D eigenvalue weighted by Gasteiger charge is -2.33. The topological polar surface area (TPSA) is 124 Å². The third kappa shape index (κ3) is 5.44. The second-order valence-electron chi connectivity index (χ2n) is 12.8. The molecule has 4 aliphatic rings. The summed E-state index contributed by atoms with van der Waals surface area (Å²) < 4.78 is 5.85. The Morgan fingerprint density at radius 2 is 1.07 bits per heavy atom. The highest BCUT2D eigenvalue weighted by atomic mass is 16.5. The fourth-order valence-corrected chi connectivity index (χ4v) is 8.28. The Hall–Kier alpha value is -3.72. The predicted molar refractivity (Wildman–Crippen MR) is 157 cm³/mol. The molecule has 2 aliphatic carbocycles. The second-order valence-corrected chi connectivity index (χ2v) is 12.8. The standard InChI is InChI=1S/C34H40N2O7/c37-29(38)27-13-11-25(19-23-7-3-1-4-8-23)21-33(27)31(41)35(33)15-17-43-18-16-36-32(42)34(36)22-26(12-14-28(34)30(39)40)20-24-9-5-2-6-10-24/h1-10,25-28H,11-22H2,(H,37,38)(H,39,40). The van der Waals surface area contributed by atoms with E-state index in [9.17, 15) is 29.4 Å². The zero-order chi connectivity index (χ0) is 30.2. The van der Waals surface area contributed by atoms with Gasteiger partial charge in [0, 0.05) is 13.1 Å². The molecule has 0 bridgehead atoms. The average molecular weight is 589 g/mol. The zero-order valence-electron chi connectivity index (χ0n) is 24.4. The van der Waals surface area contributed by atoms with Gasteiger partial charge >= 0.3 is 11.9 Å². The van der Waals surface area contributed by atoms with Crippen molar-refractivity contribution in [3.8, 4) is 0 Å². The molecule has 0 radical (unpaired) electrons. The average Bonchev–Trinajstić information content (AvgIpc) is 3.76. The van der Waals surface area contributed by atoms with Crippen LogP contribution in [0.1, 0.15) is 49.7 Å². The minimum atomic E-state index is -0.961. The summed E-state index contributed by atoms with van der Waals surface area (Å²) in [6.07, 6.45) is 5.22. The molecule has 2 spiro atoms. The quantitative estimate of drug-likeness (QED) is 0.287. The highest BCUT2D eigenvalue weighted by Gasteiger charge is 2.71. The van der Waals surface area contributed by atoms with Gasteiger partial charge in [0.15, 0.2) is 0 Å². The second kappa shape index (κ2) is 11.8. The predicted octanol–water partition coefficient (Wildman–Crippen LogP) is 3.65. The van der Waals surface area contributed by atoms with Crippen molar-refractivity contribution < 1.29 is 34.1 Å². The normalized spacial score (nSPS) is 31.4. The van der Waals surface area contributed by atoms with Crippen LogP contribution in [-0.2, 0) is 36.8 Å². The molecule has 2 aliphatic heterocycles. The van der Waals surface area contributed by atoms with Gasteiger partial charge in [-0.15, -0.1) is 0 Å². The number of aliphatic carboxylic acids is 2. The van der Waals surface area contributed by atoms with Gasteiger partial charge in [-0.25, -0.2) is 0 Å². The maximum Gasteiger partial charge on any atom is 0.309 e. The summed E-state index contributed by atoms with van der Waals surface area (Å²) in [5.74, 6) is -3.04. The van der Waals surface area contributed by atoms with Crippen molar-refractivity contribution in [1.29, 1.82) is 0 Å². The molecule has 43 heavy (non-hydrogen) atoms. The van der Waals surface area contributed by atoms with Gasteiger partial charge in [-0.3, -0.25) is 19.2 Å². The number of nitrogens with zero attached hydrogens (tertiary/aromatic N) is 2. The summed E-state index contributed by atoms with van der Waals surface area (Å²) >= 11 is 0. The van der Waals surface area contributed by atoms with Crippen LogP contribution in [0.5, 0.6) is 0 Å². The number of hydrogen-bond donors (Lipinski definition) is 2. The van der Waals surface area contributed by atoms with Crippen LogP contribution in [0.25, 0.3) is 0 Å². The smallest absolute Gasteiger partial charge is 0.309 e. The molecule has 0 aromatic heterocycles. The van der Waals surface area contributed by atoms with E-state index in [0.29, 0.717) is 38.8 Å². The van der Waals surface area contributed by atoms with Crippen LogP contribution < -0.4 is 0 Å². The first kappa shape index (κ1) is 29.4. The number of carbonyl (C=O) groups excluding carboxylic acids is 2. The van der Waals surface area contributed by atoms with E-state index < -0.39 is 34.9 Å². The maximum absolute atomic E-state index is 13.1. The number of ether oxygens (including phenoxy) is 1. The Bertz CT molecular complexity index is 1260. The Morgan fingerprint density at radius 1 is 0.674 bits per heavy atom. The van der Waals surface area contributed by atoms with Gasteiger partial charge in [0.05, 0.1) is 25.0 Å². The molecule has 9 heteroatoms. The van der Waals surface area contributed by atoms with Gasteiger partial charge < -0.3 is 24.7 Å². The Morgan fingerprint density at radius 3 is 1.44 bits per heavy atom. The minimum Gasteiger partial charge on any atom is -0.481 e. The van der Waals surface area contributed by atoms with E-state index in [1.54, 1.807) is 9.80 Å². The first-order valence-corrected chi connectivity index (χ1v) is 15.5. The van der Waals surface area contributed by atoms with Crippen molar-refractivity contribution in [2.75, 3.05) is 26.3 Å². The minimum absolute atomic E-state index is 0.114. The van der Waals surface area contributed by atoms with Crippen molar-refractivity contribution in [3.05, 3.63) is 71.8 Å². The van der Waals surface area contributed by atoms with E-state index in [0.717, 1.165) is 25.7 Å². The SMILES string of the molecule is O=C(O)C1CCC(Cc2ccccc2)CC12C(=O)N2CCOCCN1C(=O)C12CC(Cc1ccccc1)CCC2C(=O)O. The number of carbonyl (C=O) groups is 4.